The second-order valence-electron chi connectivity index (χ2n) is 9.86. The summed E-state index contributed by atoms with van der Waals surface area (Å²) in [6, 6.07) is 14.8. The largest absolute Gasteiger partial charge is 0.480 e. The van der Waals surface area contributed by atoms with E-state index in [1.807, 2.05) is 31.2 Å². The molecule has 0 aliphatic heterocycles. The zero-order valence-corrected chi connectivity index (χ0v) is 20.3. The lowest BCUT2D eigenvalue weighted by molar-refractivity contribution is -0.145. The summed E-state index contributed by atoms with van der Waals surface area (Å²) in [5.41, 5.74) is 3.92. The van der Waals surface area contributed by atoms with Crippen molar-refractivity contribution in [3.8, 4) is 11.1 Å². The van der Waals surface area contributed by atoms with E-state index >= 15 is 0 Å². The Morgan fingerprint density at radius 3 is 2.03 bits per heavy atom. The van der Waals surface area contributed by atoms with Crippen molar-refractivity contribution in [1.29, 1.82) is 0 Å². The van der Waals surface area contributed by atoms with Crippen LogP contribution < -0.4 is 10.6 Å². The van der Waals surface area contributed by atoms with Crippen LogP contribution in [0, 0.1) is 5.41 Å². The van der Waals surface area contributed by atoms with E-state index in [4.69, 9.17) is 4.74 Å². The van der Waals surface area contributed by atoms with E-state index in [-0.39, 0.29) is 18.9 Å². The summed E-state index contributed by atoms with van der Waals surface area (Å²) in [5, 5.41) is 14.8. The molecule has 2 amide bonds. The molecule has 7 nitrogen and oxygen atoms in total. The second-order valence-corrected chi connectivity index (χ2v) is 9.86. The Morgan fingerprint density at radius 1 is 0.971 bits per heavy atom. The van der Waals surface area contributed by atoms with Crippen LogP contribution in [0.2, 0.25) is 0 Å². The summed E-state index contributed by atoms with van der Waals surface area (Å²) in [5.74, 6) is -1.55. The van der Waals surface area contributed by atoms with E-state index in [1.54, 1.807) is 20.8 Å². The molecule has 0 fully saturated rings. The van der Waals surface area contributed by atoms with Crippen LogP contribution in [0.3, 0.4) is 0 Å². The Morgan fingerprint density at radius 2 is 1.53 bits per heavy atom. The summed E-state index contributed by atoms with van der Waals surface area (Å²) in [6.07, 6.45) is 0.727. The van der Waals surface area contributed by atoms with Gasteiger partial charge in [-0.1, -0.05) is 82.6 Å². The number of amides is 2. The number of rotatable bonds is 9. The minimum atomic E-state index is -1.09. The van der Waals surface area contributed by atoms with E-state index < -0.39 is 35.5 Å². The lowest BCUT2D eigenvalue weighted by atomic mass is 9.86. The van der Waals surface area contributed by atoms with Crippen LogP contribution >= 0.6 is 0 Å². The van der Waals surface area contributed by atoms with Crippen molar-refractivity contribution in [3.05, 3.63) is 59.7 Å². The molecule has 2 aromatic rings. The highest BCUT2D eigenvalue weighted by atomic mass is 16.5. The molecule has 0 aromatic heterocycles. The summed E-state index contributed by atoms with van der Waals surface area (Å²) in [6.45, 7) is 7.41. The van der Waals surface area contributed by atoms with Crippen LogP contribution in [0.25, 0.3) is 11.1 Å². The van der Waals surface area contributed by atoms with Crippen LogP contribution in [0.1, 0.15) is 64.0 Å². The van der Waals surface area contributed by atoms with Crippen LogP contribution in [0.15, 0.2) is 48.5 Å². The number of carbonyl (C=O) groups is 3. The number of benzene rings is 2. The predicted octanol–water partition coefficient (Wildman–Crippen LogP) is 4.70. The van der Waals surface area contributed by atoms with Crippen molar-refractivity contribution in [2.75, 3.05) is 6.61 Å². The highest BCUT2D eigenvalue weighted by Gasteiger charge is 2.33. The zero-order chi connectivity index (χ0) is 24.9. The molecule has 0 radical (unpaired) electrons. The van der Waals surface area contributed by atoms with Crippen molar-refractivity contribution < 1.29 is 24.2 Å². The second kappa shape index (κ2) is 10.7. The fourth-order valence-corrected chi connectivity index (χ4v) is 4.47. The van der Waals surface area contributed by atoms with Gasteiger partial charge >= 0.3 is 12.1 Å². The van der Waals surface area contributed by atoms with Gasteiger partial charge in [-0.3, -0.25) is 4.79 Å². The van der Waals surface area contributed by atoms with Gasteiger partial charge in [-0.25, -0.2) is 9.59 Å². The van der Waals surface area contributed by atoms with Gasteiger partial charge in [-0.05, 0) is 34.1 Å². The summed E-state index contributed by atoms with van der Waals surface area (Å²) in [4.78, 5) is 36.7. The van der Waals surface area contributed by atoms with Crippen LogP contribution in [0.4, 0.5) is 4.79 Å². The molecule has 0 bridgehead atoms. The zero-order valence-electron chi connectivity index (χ0n) is 20.3. The van der Waals surface area contributed by atoms with E-state index in [0.29, 0.717) is 6.42 Å². The normalized spacial score (nSPS) is 14.5. The molecule has 3 N–H and O–H groups in total. The SMILES string of the molecule is CCC[C@@H](CC(=O)N[C@H](C(=O)O)C(C)(C)C)NC(=O)OCC1c2ccccc2-c2ccccc21. The Labute approximate surface area is 200 Å². The van der Waals surface area contributed by atoms with Crippen molar-refractivity contribution in [3.63, 3.8) is 0 Å². The molecule has 0 unspecified atom stereocenters. The molecule has 0 heterocycles. The first-order valence-electron chi connectivity index (χ1n) is 11.8. The molecule has 1 aliphatic carbocycles. The molecule has 34 heavy (non-hydrogen) atoms. The number of carbonyl (C=O) groups excluding carboxylic acids is 2. The van der Waals surface area contributed by atoms with Crippen LogP contribution in [-0.2, 0) is 14.3 Å². The number of alkyl carbamates (subject to hydrolysis) is 1. The number of hydrogen-bond donors (Lipinski definition) is 3. The molecule has 0 spiro atoms. The Hall–Kier alpha value is -3.35. The first-order chi connectivity index (χ1) is 16.1. The van der Waals surface area contributed by atoms with Gasteiger partial charge in [0, 0.05) is 18.4 Å². The van der Waals surface area contributed by atoms with Crippen molar-refractivity contribution >= 4 is 18.0 Å². The number of carboxylic acid groups (broad SMARTS) is 1. The van der Waals surface area contributed by atoms with E-state index in [2.05, 4.69) is 34.9 Å². The molecular formula is C27H34N2O5. The predicted molar refractivity (Wildman–Crippen MR) is 131 cm³/mol. The molecule has 1 aliphatic rings. The van der Waals surface area contributed by atoms with Crippen molar-refractivity contribution in [2.24, 2.45) is 5.41 Å². The number of nitrogens with one attached hydrogen (secondary N) is 2. The topological polar surface area (TPSA) is 105 Å². The summed E-state index contributed by atoms with van der Waals surface area (Å²) < 4.78 is 5.60. The molecule has 2 atom stereocenters. The van der Waals surface area contributed by atoms with Gasteiger partial charge in [0.25, 0.3) is 0 Å². The number of ether oxygens (including phenoxy) is 1. The Kier molecular flexibility index (Phi) is 7.97. The first-order valence-corrected chi connectivity index (χ1v) is 11.8. The van der Waals surface area contributed by atoms with Gasteiger partial charge in [0.05, 0.1) is 0 Å². The number of carboxylic acids is 1. The maximum absolute atomic E-state index is 12.6. The average molecular weight is 467 g/mol. The van der Waals surface area contributed by atoms with Crippen molar-refractivity contribution in [2.45, 2.75) is 65.0 Å². The third kappa shape index (κ3) is 5.95. The highest BCUT2D eigenvalue weighted by Crippen LogP contribution is 2.44. The average Bonchev–Trinajstić information content (AvgIpc) is 3.09. The third-order valence-corrected chi connectivity index (χ3v) is 6.15. The standard InChI is InChI=1S/C27H34N2O5/c1-5-10-17(15-23(30)29-24(25(31)32)27(2,3)4)28-26(33)34-16-22-20-13-8-6-11-18(20)19-12-7-9-14-21(19)22/h6-9,11-14,17,22,24H,5,10,15-16H2,1-4H3,(H,28,33)(H,29,30)(H,31,32)/t17-,24+/m0/s1. The molecule has 0 saturated heterocycles. The van der Waals surface area contributed by atoms with Gasteiger partial charge in [0.1, 0.15) is 12.6 Å². The van der Waals surface area contributed by atoms with E-state index in [1.165, 1.54) is 0 Å². The smallest absolute Gasteiger partial charge is 0.407 e. The highest BCUT2D eigenvalue weighted by molar-refractivity contribution is 5.85. The maximum atomic E-state index is 12.6. The van der Waals surface area contributed by atoms with Gasteiger partial charge in [-0.15, -0.1) is 0 Å². The molecule has 182 valence electrons. The van der Waals surface area contributed by atoms with Crippen molar-refractivity contribution in [1.82, 2.24) is 10.6 Å². The van der Waals surface area contributed by atoms with Gasteiger partial charge in [0.2, 0.25) is 5.91 Å². The molecule has 7 heteroatoms. The maximum Gasteiger partial charge on any atom is 0.407 e. The van der Waals surface area contributed by atoms with Gasteiger partial charge < -0.3 is 20.5 Å². The summed E-state index contributed by atoms with van der Waals surface area (Å²) in [7, 11) is 0. The molecule has 3 rings (SSSR count). The summed E-state index contributed by atoms with van der Waals surface area (Å²) >= 11 is 0. The lowest BCUT2D eigenvalue weighted by Gasteiger charge is -2.28. The van der Waals surface area contributed by atoms with Crippen LogP contribution in [0.5, 0.6) is 0 Å². The third-order valence-electron chi connectivity index (χ3n) is 6.15. The molecule has 0 saturated carbocycles. The molecular weight excluding hydrogens is 432 g/mol. The van der Waals surface area contributed by atoms with E-state index in [9.17, 15) is 19.5 Å². The quantitative estimate of drug-likeness (QED) is 0.497. The first kappa shape index (κ1) is 25.3. The van der Waals surface area contributed by atoms with Crippen LogP contribution in [-0.4, -0.2) is 41.8 Å². The fourth-order valence-electron chi connectivity index (χ4n) is 4.47. The minimum absolute atomic E-state index is 0.0160. The lowest BCUT2D eigenvalue weighted by Crippen LogP contribution is -2.50. The number of fused-ring (bicyclic) bond motifs is 3. The minimum Gasteiger partial charge on any atom is -0.480 e. The fraction of sp³-hybridized carbons (Fsp3) is 0.444. The van der Waals surface area contributed by atoms with E-state index in [0.717, 1.165) is 28.7 Å². The van der Waals surface area contributed by atoms with Gasteiger partial charge in [0.15, 0.2) is 0 Å². The number of aliphatic carboxylic acids is 1. The number of hydrogen-bond acceptors (Lipinski definition) is 4. The van der Waals surface area contributed by atoms with Gasteiger partial charge in [-0.2, -0.15) is 0 Å². The Balaban J connectivity index is 1.60. The monoisotopic (exact) mass is 466 g/mol. The molecule has 2 aromatic carbocycles. The Bertz CT molecular complexity index is 998.